The Labute approximate surface area is 481 Å². The van der Waals surface area contributed by atoms with Crippen LogP contribution in [0.2, 0.25) is 0 Å². The monoisotopic (exact) mass is 1120 g/mol. The van der Waals surface area contributed by atoms with Crippen LogP contribution < -0.4 is 5.32 Å². The summed E-state index contributed by atoms with van der Waals surface area (Å²) in [5.74, 6) is -0.251. The fraction of sp³-hybridized carbons (Fsp3) is 0.892. The Hall–Kier alpha value is -1.79. The van der Waals surface area contributed by atoms with Gasteiger partial charge in [-0.3, -0.25) is 4.79 Å². The number of carbonyl (C=O) groups is 1. The number of aliphatic hydroxyl groups is 8. The number of allylic oxidation sites excluding steroid dienone is 5. The number of nitrogens with one attached hydrogen (secondary N) is 1. The van der Waals surface area contributed by atoms with Crippen LogP contribution in [0.5, 0.6) is 0 Å². The maximum atomic E-state index is 13.2. The second-order valence-corrected chi connectivity index (χ2v) is 23.2. The van der Waals surface area contributed by atoms with E-state index in [0.29, 0.717) is 12.8 Å². The molecule has 0 aromatic rings. The van der Waals surface area contributed by atoms with E-state index in [1.807, 2.05) is 6.08 Å². The molecular weight excluding hydrogens is 1000 g/mol. The average molecular weight is 1120 g/mol. The van der Waals surface area contributed by atoms with E-state index in [1.54, 1.807) is 6.08 Å². The number of hydrogen-bond acceptors (Lipinski definition) is 13. The smallest absolute Gasteiger partial charge is 0.220 e. The largest absolute Gasteiger partial charge is 0.394 e. The molecule has 2 fully saturated rings. The van der Waals surface area contributed by atoms with Gasteiger partial charge < -0.3 is 65.1 Å². The van der Waals surface area contributed by atoms with Crippen molar-refractivity contribution in [2.75, 3.05) is 19.8 Å². The molecule has 0 spiro atoms. The summed E-state index contributed by atoms with van der Waals surface area (Å²) in [7, 11) is 0. The number of ether oxygens (including phenoxy) is 4. The quantitative estimate of drug-likeness (QED) is 0.0204. The van der Waals surface area contributed by atoms with Gasteiger partial charge in [-0.2, -0.15) is 0 Å². The van der Waals surface area contributed by atoms with E-state index >= 15 is 0 Å². The van der Waals surface area contributed by atoms with Crippen LogP contribution in [0.1, 0.15) is 277 Å². The first-order chi connectivity index (χ1) is 38.6. The van der Waals surface area contributed by atoms with Crippen LogP contribution >= 0.6 is 0 Å². The number of carbonyl (C=O) groups excluding carboxylic acids is 1. The number of unbranched alkanes of at least 4 members (excludes halogenated alkanes) is 36. The highest BCUT2D eigenvalue weighted by atomic mass is 16.7. The highest BCUT2D eigenvalue weighted by molar-refractivity contribution is 5.76. The molecule has 2 rings (SSSR count). The predicted molar refractivity (Wildman–Crippen MR) is 318 cm³/mol. The van der Waals surface area contributed by atoms with Crippen LogP contribution in [-0.4, -0.2) is 140 Å². The van der Waals surface area contributed by atoms with Crippen LogP contribution in [0.15, 0.2) is 36.5 Å². The van der Waals surface area contributed by atoms with Gasteiger partial charge in [-0.1, -0.05) is 262 Å². The summed E-state index contributed by atoms with van der Waals surface area (Å²) in [4.78, 5) is 13.2. The zero-order chi connectivity index (χ0) is 57.4. The predicted octanol–water partition coefficient (Wildman–Crippen LogP) is 12.2. The van der Waals surface area contributed by atoms with Gasteiger partial charge in [0.2, 0.25) is 5.91 Å². The van der Waals surface area contributed by atoms with Crippen LogP contribution in [0.3, 0.4) is 0 Å². The van der Waals surface area contributed by atoms with Crippen LogP contribution in [0.4, 0.5) is 0 Å². The van der Waals surface area contributed by atoms with E-state index in [4.69, 9.17) is 18.9 Å². The Balaban J connectivity index is 1.70. The van der Waals surface area contributed by atoms with Crippen molar-refractivity contribution < 1.29 is 64.6 Å². The first-order valence-corrected chi connectivity index (χ1v) is 32.7. The molecule has 0 aromatic carbocycles. The summed E-state index contributed by atoms with van der Waals surface area (Å²) in [6.45, 7) is 2.80. The second kappa shape index (κ2) is 50.7. The van der Waals surface area contributed by atoms with E-state index in [9.17, 15) is 45.6 Å². The lowest BCUT2D eigenvalue weighted by Gasteiger charge is -2.46. The fourth-order valence-electron chi connectivity index (χ4n) is 10.8. The highest BCUT2D eigenvalue weighted by Crippen LogP contribution is 2.30. The summed E-state index contributed by atoms with van der Waals surface area (Å²) in [6.07, 6.45) is 46.4. The summed E-state index contributed by atoms with van der Waals surface area (Å²) >= 11 is 0. The summed E-state index contributed by atoms with van der Waals surface area (Å²) in [6, 6.07) is -0.935. The summed E-state index contributed by atoms with van der Waals surface area (Å²) in [5.41, 5.74) is 0. The lowest BCUT2D eigenvalue weighted by atomic mass is 9.97. The molecule has 0 aliphatic carbocycles. The van der Waals surface area contributed by atoms with Crippen molar-refractivity contribution in [3.8, 4) is 0 Å². The molecule has 0 bridgehead atoms. The van der Waals surface area contributed by atoms with E-state index in [-0.39, 0.29) is 18.9 Å². The second-order valence-electron chi connectivity index (χ2n) is 23.2. The lowest BCUT2D eigenvalue weighted by Crippen LogP contribution is -2.65. The van der Waals surface area contributed by atoms with Crippen molar-refractivity contribution in [3.63, 3.8) is 0 Å². The molecule has 2 heterocycles. The van der Waals surface area contributed by atoms with Gasteiger partial charge >= 0.3 is 0 Å². The third kappa shape index (κ3) is 35.8. The third-order valence-electron chi connectivity index (χ3n) is 16.1. The Morgan fingerprint density at radius 2 is 0.810 bits per heavy atom. The van der Waals surface area contributed by atoms with Crippen molar-refractivity contribution in [2.45, 2.75) is 351 Å². The van der Waals surface area contributed by atoms with Crippen molar-refractivity contribution in [3.05, 3.63) is 36.5 Å². The van der Waals surface area contributed by atoms with Gasteiger partial charge in [-0.05, 0) is 44.9 Å². The van der Waals surface area contributed by atoms with Crippen molar-refractivity contribution in [2.24, 2.45) is 0 Å². The highest BCUT2D eigenvalue weighted by Gasteiger charge is 2.51. The molecule has 9 N–H and O–H groups in total. The molecule has 2 aliphatic heterocycles. The first kappa shape index (κ1) is 73.3. The lowest BCUT2D eigenvalue weighted by molar-refractivity contribution is -0.359. The Morgan fingerprint density at radius 1 is 0.443 bits per heavy atom. The molecule has 12 atom stereocenters. The van der Waals surface area contributed by atoms with Crippen LogP contribution in [-0.2, 0) is 23.7 Å². The van der Waals surface area contributed by atoms with Gasteiger partial charge in [0.15, 0.2) is 12.6 Å². The third-order valence-corrected chi connectivity index (χ3v) is 16.1. The van der Waals surface area contributed by atoms with Gasteiger partial charge in [-0.15, -0.1) is 0 Å². The van der Waals surface area contributed by atoms with E-state index in [0.717, 1.165) is 44.9 Å². The number of amides is 1. The average Bonchev–Trinajstić information content (AvgIpc) is 3.54. The topological polar surface area (TPSA) is 228 Å². The molecular formula is C65H121NO13. The maximum Gasteiger partial charge on any atom is 0.220 e. The standard InChI is InChI=1S/C65H121NO13/c1-3-5-7-9-11-13-15-17-19-20-21-22-23-24-25-26-27-28-29-30-31-32-33-34-35-36-38-40-42-44-46-48-54(69)53(66-57(70)49-47-45-43-41-39-37-18-16-14-12-10-8-6-4-2)52-76-64-62(75)60(73)63(56(51-68)78-64)79-65-61(74)59(72)58(71)55(50-67)77-65/h33-34,38,40,46,48,53-56,58-65,67-69,71-75H,3-32,35-37,39,41-45,47,49-52H2,1-2H3,(H,66,70)/b34-33+,40-38+,48-46+. The fourth-order valence-corrected chi connectivity index (χ4v) is 10.8. The normalized spacial score (nSPS) is 24.6. The zero-order valence-corrected chi connectivity index (χ0v) is 50.1. The van der Waals surface area contributed by atoms with Gasteiger partial charge in [-0.25, -0.2) is 0 Å². The molecule has 464 valence electrons. The number of hydrogen-bond donors (Lipinski definition) is 9. The molecule has 0 radical (unpaired) electrons. The van der Waals surface area contributed by atoms with Crippen molar-refractivity contribution in [1.82, 2.24) is 5.32 Å². The van der Waals surface area contributed by atoms with Crippen LogP contribution in [0.25, 0.3) is 0 Å². The van der Waals surface area contributed by atoms with E-state index in [2.05, 4.69) is 43.5 Å². The molecule has 14 heteroatoms. The molecule has 12 unspecified atom stereocenters. The van der Waals surface area contributed by atoms with Crippen molar-refractivity contribution in [1.29, 1.82) is 0 Å². The Morgan fingerprint density at radius 3 is 1.24 bits per heavy atom. The molecule has 2 saturated heterocycles. The minimum absolute atomic E-state index is 0.251. The Bertz CT molecular complexity index is 1460. The van der Waals surface area contributed by atoms with Crippen LogP contribution in [0, 0.1) is 0 Å². The van der Waals surface area contributed by atoms with Gasteiger partial charge in [0.25, 0.3) is 0 Å². The molecule has 79 heavy (non-hydrogen) atoms. The molecule has 14 nitrogen and oxygen atoms in total. The van der Waals surface area contributed by atoms with E-state index < -0.39 is 86.8 Å². The summed E-state index contributed by atoms with van der Waals surface area (Å²) < 4.78 is 22.8. The van der Waals surface area contributed by atoms with Gasteiger partial charge in [0.05, 0.1) is 32.0 Å². The number of aliphatic hydroxyl groups excluding tert-OH is 8. The molecule has 1 amide bonds. The molecule has 0 aromatic heterocycles. The molecule has 0 saturated carbocycles. The minimum atomic E-state index is -1.79. The maximum absolute atomic E-state index is 13.2. The van der Waals surface area contributed by atoms with Gasteiger partial charge in [0, 0.05) is 6.42 Å². The van der Waals surface area contributed by atoms with E-state index in [1.165, 1.54) is 199 Å². The SMILES string of the molecule is CCCCCCCCCCCCCCCCCCCCCCC/C=C/CC/C=C/CC/C=C/C(O)C(COC1OC(CO)C(OC2OC(CO)C(O)C(O)C2O)C(O)C1O)NC(=O)CCCCCCCCCCCCCCCC. The Kier molecular flexibility index (Phi) is 47.0. The first-order valence-electron chi connectivity index (χ1n) is 32.7. The number of rotatable bonds is 53. The van der Waals surface area contributed by atoms with Gasteiger partial charge in [0.1, 0.15) is 48.8 Å². The summed E-state index contributed by atoms with van der Waals surface area (Å²) in [5, 5.41) is 87.1. The molecule has 2 aliphatic rings. The van der Waals surface area contributed by atoms with Crippen molar-refractivity contribution >= 4 is 5.91 Å². The minimum Gasteiger partial charge on any atom is -0.394 e. The zero-order valence-electron chi connectivity index (χ0n) is 50.1.